The first-order valence-electron chi connectivity index (χ1n) is 6.60. The van der Waals surface area contributed by atoms with Crippen LogP contribution >= 0.6 is 15.9 Å². The molecule has 1 amide bonds. The van der Waals surface area contributed by atoms with Gasteiger partial charge in [-0.3, -0.25) is 4.79 Å². The highest BCUT2D eigenvalue weighted by atomic mass is 79.9. The van der Waals surface area contributed by atoms with E-state index < -0.39 is 0 Å². The molecule has 1 fully saturated rings. The normalized spacial score (nSPS) is 14.2. The molecule has 0 heterocycles. The molecule has 2 N–H and O–H groups in total. The zero-order valence-corrected chi connectivity index (χ0v) is 12.6. The summed E-state index contributed by atoms with van der Waals surface area (Å²) in [5, 5.41) is 6.17. The molecule has 4 nitrogen and oxygen atoms in total. The van der Waals surface area contributed by atoms with Gasteiger partial charge < -0.3 is 15.4 Å². The summed E-state index contributed by atoms with van der Waals surface area (Å²) in [6.07, 6.45) is 2.51. The van der Waals surface area contributed by atoms with E-state index in [2.05, 4.69) is 26.6 Å². The van der Waals surface area contributed by atoms with Gasteiger partial charge in [0.15, 0.2) is 6.61 Å². The largest absolute Gasteiger partial charge is 0.483 e. The number of likely N-dealkylation sites (N-methyl/N-ethyl adjacent to an activating group) is 1. The number of benzene rings is 1. The lowest BCUT2D eigenvalue weighted by atomic mass is 10.2. The van der Waals surface area contributed by atoms with Gasteiger partial charge in [-0.2, -0.15) is 0 Å². The summed E-state index contributed by atoms with van der Waals surface area (Å²) in [7, 11) is 0. The van der Waals surface area contributed by atoms with Crippen molar-refractivity contribution in [2.24, 2.45) is 0 Å². The number of nitrogens with one attached hydrogen (secondary N) is 2. The number of halogens is 1. The molecular formula is C14H19BrN2O2. The number of hydrogen-bond acceptors (Lipinski definition) is 3. The first-order chi connectivity index (χ1) is 9.19. The Kier molecular flexibility index (Phi) is 5.22. The predicted molar refractivity (Wildman–Crippen MR) is 78.2 cm³/mol. The minimum Gasteiger partial charge on any atom is -0.483 e. The summed E-state index contributed by atoms with van der Waals surface area (Å²) < 4.78 is 6.61. The van der Waals surface area contributed by atoms with Crippen LogP contribution in [0.1, 0.15) is 25.3 Å². The molecule has 5 heteroatoms. The van der Waals surface area contributed by atoms with Crippen molar-refractivity contribution >= 4 is 21.8 Å². The molecule has 2 rings (SSSR count). The standard InChI is InChI=1S/C14H19BrN2O2/c1-2-16-14(18)9-19-13-6-3-11(15)7-10(13)8-17-12-4-5-12/h3,6-7,12,17H,2,4-5,8-9H2,1H3,(H,16,18). The van der Waals surface area contributed by atoms with Crippen LogP contribution in [0.3, 0.4) is 0 Å². The maximum Gasteiger partial charge on any atom is 0.257 e. The van der Waals surface area contributed by atoms with Gasteiger partial charge in [0.2, 0.25) is 0 Å². The number of ether oxygens (including phenoxy) is 1. The molecule has 1 aliphatic rings. The van der Waals surface area contributed by atoms with Crippen LogP contribution in [0.5, 0.6) is 5.75 Å². The number of carbonyl (C=O) groups excluding carboxylic acids is 1. The molecule has 0 radical (unpaired) electrons. The van der Waals surface area contributed by atoms with E-state index in [1.54, 1.807) is 0 Å². The lowest BCUT2D eigenvalue weighted by Gasteiger charge is -2.12. The second-order valence-corrected chi connectivity index (χ2v) is 5.57. The molecule has 0 saturated heterocycles. The quantitative estimate of drug-likeness (QED) is 0.807. The summed E-state index contributed by atoms with van der Waals surface area (Å²) in [4.78, 5) is 11.4. The van der Waals surface area contributed by atoms with Crippen molar-refractivity contribution in [3.8, 4) is 5.75 Å². The van der Waals surface area contributed by atoms with Crippen LogP contribution in [0.2, 0.25) is 0 Å². The van der Waals surface area contributed by atoms with E-state index in [9.17, 15) is 4.79 Å². The Bertz CT molecular complexity index is 447. The van der Waals surface area contributed by atoms with Crippen LogP contribution in [0.15, 0.2) is 22.7 Å². The lowest BCUT2D eigenvalue weighted by molar-refractivity contribution is -0.122. The van der Waals surface area contributed by atoms with Crippen molar-refractivity contribution in [1.29, 1.82) is 0 Å². The molecule has 1 aromatic rings. The van der Waals surface area contributed by atoms with E-state index in [-0.39, 0.29) is 12.5 Å². The Morgan fingerprint density at radius 2 is 2.26 bits per heavy atom. The van der Waals surface area contributed by atoms with Gasteiger partial charge >= 0.3 is 0 Å². The summed E-state index contributed by atoms with van der Waals surface area (Å²) in [6.45, 7) is 3.35. The first kappa shape index (κ1) is 14.3. The Labute approximate surface area is 122 Å². The summed E-state index contributed by atoms with van der Waals surface area (Å²) >= 11 is 3.46. The molecule has 0 unspecified atom stereocenters. The summed E-state index contributed by atoms with van der Waals surface area (Å²) in [5.41, 5.74) is 1.07. The fourth-order valence-corrected chi connectivity index (χ4v) is 2.17. The van der Waals surface area contributed by atoms with Gasteiger partial charge in [0.1, 0.15) is 5.75 Å². The molecule has 0 spiro atoms. The van der Waals surface area contributed by atoms with Crippen LogP contribution in [0, 0.1) is 0 Å². The molecule has 0 aliphatic heterocycles. The molecule has 0 atom stereocenters. The Morgan fingerprint density at radius 1 is 1.47 bits per heavy atom. The van der Waals surface area contributed by atoms with E-state index in [4.69, 9.17) is 4.74 Å². The lowest BCUT2D eigenvalue weighted by Crippen LogP contribution is -2.28. The highest BCUT2D eigenvalue weighted by Crippen LogP contribution is 2.25. The van der Waals surface area contributed by atoms with E-state index >= 15 is 0 Å². The Morgan fingerprint density at radius 3 is 2.95 bits per heavy atom. The molecule has 104 valence electrons. The number of carbonyl (C=O) groups is 1. The van der Waals surface area contributed by atoms with Gasteiger partial charge in [0.05, 0.1) is 0 Å². The molecule has 0 bridgehead atoms. The van der Waals surface area contributed by atoms with Gasteiger partial charge in [0, 0.05) is 29.2 Å². The van der Waals surface area contributed by atoms with E-state index in [1.165, 1.54) is 12.8 Å². The maximum absolute atomic E-state index is 11.4. The summed E-state index contributed by atoms with van der Waals surface area (Å²) in [6, 6.07) is 6.50. The van der Waals surface area contributed by atoms with Gasteiger partial charge in [-0.05, 0) is 38.0 Å². The second-order valence-electron chi connectivity index (χ2n) is 4.65. The number of hydrogen-bond donors (Lipinski definition) is 2. The van der Waals surface area contributed by atoms with E-state index in [0.717, 1.165) is 22.3 Å². The summed E-state index contributed by atoms with van der Waals surface area (Å²) in [5.74, 6) is 0.675. The molecule has 1 aliphatic carbocycles. The topological polar surface area (TPSA) is 50.4 Å². The molecule has 0 aromatic heterocycles. The Hall–Kier alpha value is -1.07. The highest BCUT2D eigenvalue weighted by Gasteiger charge is 2.20. The third-order valence-corrected chi connectivity index (χ3v) is 3.41. The third kappa shape index (κ3) is 4.84. The smallest absolute Gasteiger partial charge is 0.257 e. The van der Waals surface area contributed by atoms with Crippen molar-refractivity contribution in [3.63, 3.8) is 0 Å². The number of rotatable bonds is 7. The van der Waals surface area contributed by atoms with Crippen LogP contribution in [0.4, 0.5) is 0 Å². The zero-order valence-electron chi connectivity index (χ0n) is 11.0. The van der Waals surface area contributed by atoms with Crippen LogP contribution in [-0.4, -0.2) is 25.1 Å². The monoisotopic (exact) mass is 326 g/mol. The SMILES string of the molecule is CCNC(=O)COc1ccc(Br)cc1CNC1CC1. The van der Waals surface area contributed by atoms with Crippen LogP contribution in [0.25, 0.3) is 0 Å². The maximum atomic E-state index is 11.4. The average Bonchev–Trinajstić information content (AvgIpc) is 3.19. The van der Waals surface area contributed by atoms with Gasteiger partial charge in [-0.15, -0.1) is 0 Å². The van der Waals surface area contributed by atoms with Crippen molar-refractivity contribution in [3.05, 3.63) is 28.2 Å². The van der Waals surface area contributed by atoms with E-state index in [0.29, 0.717) is 12.6 Å². The predicted octanol–water partition coefficient (Wildman–Crippen LogP) is 2.22. The fraction of sp³-hybridized carbons (Fsp3) is 0.500. The van der Waals surface area contributed by atoms with Gasteiger partial charge in [-0.1, -0.05) is 15.9 Å². The van der Waals surface area contributed by atoms with Gasteiger partial charge in [-0.25, -0.2) is 0 Å². The minimum absolute atomic E-state index is 0.0614. The molecule has 1 aromatic carbocycles. The zero-order chi connectivity index (χ0) is 13.7. The van der Waals surface area contributed by atoms with Gasteiger partial charge in [0.25, 0.3) is 5.91 Å². The van der Waals surface area contributed by atoms with E-state index in [1.807, 2.05) is 25.1 Å². The number of amides is 1. The first-order valence-corrected chi connectivity index (χ1v) is 7.39. The van der Waals surface area contributed by atoms with Crippen LogP contribution in [-0.2, 0) is 11.3 Å². The Balaban J connectivity index is 1.94. The highest BCUT2D eigenvalue weighted by molar-refractivity contribution is 9.10. The third-order valence-electron chi connectivity index (χ3n) is 2.91. The molecular weight excluding hydrogens is 308 g/mol. The van der Waals surface area contributed by atoms with Crippen LogP contribution < -0.4 is 15.4 Å². The average molecular weight is 327 g/mol. The molecule has 19 heavy (non-hydrogen) atoms. The minimum atomic E-state index is -0.0912. The van der Waals surface area contributed by atoms with Crippen molar-refractivity contribution < 1.29 is 9.53 Å². The molecule has 1 saturated carbocycles. The van der Waals surface area contributed by atoms with Crippen molar-refractivity contribution in [2.45, 2.75) is 32.4 Å². The van der Waals surface area contributed by atoms with Crippen molar-refractivity contribution in [1.82, 2.24) is 10.6 Å². The fourth-order valence-electron chi connectivity index (χ4n) is 1.76. The van der Waals surface area contributed by atoms with Crippen molar-refractivity contribution in [2.75, 3.05) is 13.2 Å². The second kappa shape index (κ2) is 6.91.